The van der Waals surface area contributed by atoms with Gasteiger partial charge in [0.25, 0.3) is 5.56 Å². The molecular formula is C29H22ClFN4O3. The topological polar surface area (TPSA) is 85.1 Å². The highest BCUT2D eigenvalue weighted by molar-refractivity contribution is 6.30. The summed E-state index contributed by atoms with van der Waals surface area (Å²) >= 11 is 5.96. The molecule has 0 atom stereocenters. The second-order valence-corrected chi connectivity index (χ2v) is 9.21. The fourth-order valence-electron chi connectivity index (χ4n) is 4.25. The molecular weight excluding hydrogens is 507 g/mol. The Bertz CT molecular complexity index is 1780. The van der Waals surface area contributed by atoms with E-state index < -0.39 is 11.8 Å². The van der Waals surface area contributed by atoms with Crippen molar-refractivity contribution in [1.82, 2.24) is 9.13 Å². The minimum Gasteiger partial charge on any atom is -0.316 e. The van der Waals surface area contributed by atoms with Crippen molar-refractivity contribution in [3.63, 3.8) is 0 Å². The van der Waals surface area contributed by atoms with E-state index in [2.05, 4.69) is 10.6 Å². The Morgan fingerprint density at radius 3 is 2.26 bits per heavy atom. The van der Waals surface area contributed by atoms with Crippen molar-refractivity contribution < 1.29 is 9.18 Å². The first-order valence-corrected chi connectivity index (χ1v) is 12.1. The fraction of sp³-hybridized carbons (Fsp3) is 0.0690. The smallest absolute Gasteiger partial charge is 0.316 e. The summed E-state index contributed by atoms with van der Waals surface area (Å²) in [6.45, 7) is 2.17. The van der Waals surface area contributed by atoms with Gasteiger partial charge in [-0.05, 0) is 78.7 Å². The number of aryl methyl sites for hydroxylation is 1. The Labute approximate surface area is 221 Å². The van der Waals surface area contributed by atoms with Gasteiger partial charge in [0, 0.05) is 40.5 Å². The molecule has 2 heterocycles. The highest BCUT2D eigenvalue weighted by atomic mass is 35.5. The zero-order valence-corrected chi connectivity index (χ0v) is 21.0. The van der Waals surface area contributed by atoms with E-state index in [9.17, 15) is 18.8 Å². The highest BCUT2D eigenvalue weighted by Gasteiger charge is 2.13. The molecule has 0 saturated carbocycles. The van der Waals surface area contributed by atoms with Crippen LogP contribution in [-0.4, -0.2) is 15.2 Å². The lowest BCUT2D eigenvalue weighted by molar-refractivity contribution is 0.262. The third-order valence-corrected chi connectivity index (χ3v) is 6.36. The second kappa shape index (κ2) is 10.4. The molecule has 9 heteroatoms. The summed E-state index contributed by atoms with van der Waals surface area (Å²) in [7, 11) is 0. The molecule has 0 aliphatic rings. The van der Waals surface area contributed by atoms with Crippen LogP contribution in [0.3, 0.4) is 0 Å². The molecule has 0 aliphatic carbocycles. The first kappa shape index (κ1) is 25.0. The van der Waals surface area contributed by atoms with Crippen molar-refractivity contribution in [2.75, 3.05) is 10.6 Å². The van der Waals surface area contributed by atoms with Crippen LogP contribution >= 0.6 is 11.6 Å². The van der Waals surface area contributed by atoms with Gasteiger partial charge in [0.1, 0.15) is 11.2 Å². The molecule has 7 nitrogen and oxygen atoms in total. The lowest BCUT2D eigenvalue weighted by atomic mass is 10.1. The van der Waals surface area contributed by atoms with Crippen molar-refractivity contribution in [2.45, 2.75) is 13.5 Å². The number of benzene rings is 3. The van der Waals surface area contributed by atoms with E-state index in [-0.39, 0.29) is 16.4 Å². The van der Waals surface area contributed by atoms with Gasteiger partial charge in [-0.15, -0.1) is 0 Å². The monoisotopic (exact) mass is 528 g/mol. The average molecular weight is 529 g/mol. The maximum atomic E-state index is 13.3. The number of anilines is 2. The number of carbonyl (C=O) groups excluding carboxylic acids is 1. The van der Waals surface area contributed by atoms with Crippen LogP contribution in [0.1, 0.15) is 11.1 Å². The first-order chi connectivity index (χ1) is 18.3. The number of rotatable bonds is 5. The van der Waals surface area contributed by atoms with Crippen LogP contribution in [0.25, 0.3) is 16.6 Å². The maximum Gasteiger partial charge on any atom is 0.323 e. The quantitative estimate of drug-likeness (QED) is 0.296. The van der Waals surface area contributed by atoms with Crippen LogP contribution in [0.5, 0.6) is 0 Å². The minimum atomic E-state index is -0.473. The van der Waals surface area contributed by atoms with Crippen LogP contribution in [0.4, 0.5) is 20.6 Å². The van der Waals surface area contributed by atoms with E-state index in [4.69, 9.17) is 11.6 Å². The molecule has 2 amide bonds. The number of amides is 2. The Hall–Kier alpha value is -4.69. The highest BCUT2D eigenvalue weighted by Crippen LogP contribution is 2.22. The molecule has 0 aliphatic heterocycles. The number of pyridine rings is 2. The van der Waals surface area contributed by atoms with E-state index in [1.807, 2.05) is 19.1 Å². The predicted octanol–water partition coefficient (Wildman–Crippen LogP) is 5.95. The summed E-state index contributed by atoms with van der Waals surface area (Å²) in [6.07, 6.45) is 3.30. The largest absolute Gasteiger partial charge is 0.323 e. The van der Waals surface area contributed by atoms with Crippen LogP contribution in [0.15, 0.2) is 101 Å². The number of urea groups is 1. The Kier molecular flexibility index (Phi) is 6.81. The first-order valence-electron chi connectivity index (χ1n) is 11.7. The summed E-state index contributed by atoms with van der Waals surface area (Å²) in [6, 6.07) is 20.6. The normalized spacial score (nSPS) is 10.9. The van der Waals surface area contributed by atoms with Gasteiger partial charge < -0.3 is 19.8 Å². The van der Waals surface area contributed by atoms with Crippen LogP contribution < -0.4 is 21.6 Å². The zero-order valence-electron chi connectivity index (χ0n) is 20.2. The number of nitrogens with zero attached hydrogens (tertiary/aromatic N) is 2. The summed E-state index contributed by atoms with van der Waals surface area (Å²) in [5.74, 6) is -0.391. The van der Waals surface area contributed by atoms with Crippen molar-refractivity contribution in [3.8, 4) is 5.69 Å². The molecule has 3 aromatic carbocycles. The molecule has 0 spiro atoms. The van der Waals surface area contributed by atoms with E-state index in [0.29, 0.717) is 28.5 Å². The predicted molar refractivity (Wildman–Crippen MR) is 148 cm³/mol. The lowest BCUT2D eigenvalue weighted by Gasteiger charge is -2.16. The zero-order chi connectivity index (χ0) is 26.8. The minimum absolute atomic E-state index is 0.0873. The van der Waals surface area contributed by atoms with Crippen LogP contribution in [-0.2, 0) is 6.54 Å². The van der Waals surface area contributed by atoms with Gasteiger partial charge >= 0.3 is 6.03 Å². The summed E-state index contributed by atoms with van der Waals surface area (Å²) in [4.78, 5) is 38.4. The van der Waals surface area contributed by atoms with Gasteiger partial charge in [-0.25, -0.2) is 9.18 Å². The lowest BCUT2D eigenvalue weighted by Crippen LogP contribution is -2.26. The number of aromatic nitrogens is 2. The Morgan fingerprint density at radius 2 is 1.55 bits per heavy atom. The molecule has 2 N–H and O–H groups in total. The van der Waals surface area contributed by atoms with Gasteiger partial charge in [0.2, 0.25) is 0 Å². The SMILES string of the molecule is Cc1cc(NC(=O)Nc2ccc(F)cc2)ccc1-n1ccc(=O)c2c(=O)n(Cc3ccc(Cl)cc3)ccc21. The number of hydrogen-bond acceptors (Lipinski definition) is 3. The van der Waals surface area contributed by atoms with Gasteiger partial charge in [-0.3, -0.25) is 9.59 Å². The summed E-state index contributed by atoms with van der Waals surface area (Å²) < 4.78 is 16.4. The number of fused-ring (bicyclic) bond motifs is 1. The third kappa shape index (κ3) is 5.21. The van der Waals surface area contributed by atoms with Crippen molar-refractivity contribution >= 4 is 39.9 Å². The Morgan fingerprint density at radius 1 is 0.868 bits per heavy atom. The Balaban J connectivity index is 1.43. The van der Waals surface area contributed by atoms with Crippen molar-refractivity contribution in [3.05, 3.63) is 134 Å². The second-order valence-electron chi connectivity index (χ2n) is 8.77. The van der Waals surface area contributed by atoms with Crippen LogP contribution in [0, 0.1) is 12.7 Å². The number of carbonyl (C=O) groups is 1. The third-order valence-electron chi connectivity index (χ3n) is 6.11. The summed E-state index contributed by atoms with van der Waals surface area (Å²) in [5, 5.41) is 6.09. The molecule has 190 valence electrons. The number of nitrogens with one attached hydrogen (secondary N) is 2. The van der Waals surface area contributed by atoms with Gasteiger partial charge in [-0.2, -0.15) is 0 Å². The van der Waals surface area contributed by atoms with Crippen molar-refractivity contribution in [2.24, 2.45) is 0 Å². The van der Waals surface area contributed by atoms with E-state index in [0.717, 1.165) is 16.8 Å². The maximum absolute atomic E-state index is 13.3. The number of halogens is 2. The van der Waals surface area contributed by atoms with E-state index in [1.165, 1.54) is 34.9 Å². The molecule has 2 aromatic heterocycles. The fourth-order valence-corrected chi connectivity index (χ4v) is 4.38. The molecule has 0 radical (unpaired) electrons. The molecule has 0 bridgehead atoms. The van der Waals surface area contributed by atoms with E-state index >= 15 is 0 Å². The average Bonchev–Trinajstić information content (AvgIpc) is 2.89. The summed E-state index contributed by atoms with van der Waals surface area (Å²) in [5.41, 5.74) is 3.17. The molecule has 0 saturated heterocycles. The molecule has 38 heavy (non-hydrogen) atoms. The molecule has 0 fully saturated rings. The van der Waals surface area contributed by atoms with Gasteiger partial charge in [0.05, 0.1) is 12.1 Å². The molecule has 0 unspecified atom stereocenters. The van der Waals surface area contributed by atoms with Crippen LogP contribution in [0.2, 0.25) is 5.02 Å². The standard InChI is InChI=1S/C29H22ClFN4O3/c1-18-16-23(33-29(38)32-22-8-6-21(31)7-9-22)10-11-24(18)35-15-13-26(36)27-25(35)12-14-34(28(27)37)17-19-2-4-20(30)5-3-19/h2-16H,17H2,1H3,(H2,32,33,38). The van der Waals surface area contributed by atoms with Crippen molar-refractivity contribution in [1.29, 1.82) is 0 Å². The number of hydrogen-bond donors (Lipinski definition) is 2. The van der Waals surface area contributed by atoms with Gasteiger partial charge in [0.15, 0.2) is 5.43 Å². The van der Waals surface area contributed by atoms with E-state index in [1.54, 1.807) is 53.4 Å². The van der Waals surface area contributed by atoms with Gasteiger partial charge in [-0.1, -0.05) is 23.7 Å². The molecule has 5 aromatic rings. The molecule has 5 rings (SSSR count).